The van der Waals surface area contributed by atoms with Gasteiger partial charge in [0.2, 0.25) is 5.91 Å². The number of aliphatic hydroxyl groups is 1. The summed E-state index contributed by atoms with van der Waals surface area (Å²) in [6.07, 6.45) is 3.30. The molecule has 1 amide bonds. The molecule has 5 nitrogen and oxygen atoms in total. The number of amides is 1. The number of carbonyl (C=O) groups is 2. The Hall–Kier alpha value is -2.14. The van der Waals surface area contributed by atoms with E-state index in [1.54, 1.807) is 6.08 Å². The minimum absolute atomic E-state index is 0.110. The fourth-order valence-electron chi connectivity index (χ4n) is 2.05. The molecule has 0 aliphatic heterocycles. The van der Waals surface area contributed by atoms with E-state index in [-0.39, 0.29) is 38.0 Å². The van der Waals surface area contributed by atoms with E-state index in [0.717, 1.165) is 5.56 Å². The van der Waals surface area contributed by atoms with Gasteiger partial charge in [0.25, 0.3) is 0 Å². The Morgan fingerprint density at radius 3 is 2.39 bits per heavy atom. The molecule has 126 valence electrons. The van der Waals surface area contributed by atoms with Gasteiger partial charge in [-0.2, -0.15) is 0 Å². The van der Waals surface area contributed by atoms with Crippen molar-refractivity contribution in [2.24, 2.45) is 0 Å². The molecule has 5 heteroatoms. The van der Waals surface area contributed by atoms with E-state index < -0.39 is 0 Å². The number of benzene rings is 1. The second-order valence-corrected chi connectivity index (χ2v) is 5.53. The van der Waals surface area contributed by atoms with E-state index in [0.29, 0.717) is 5.92 Å². The van der Waals surface area contributed by atoms with E-state index >= 15 is 0 Å². The number of carbonyl (C=O) groups excluding carboxylic acids is 2. The van der Waals surface area contributed by atoms with Crippen molar-refractivity contribution >= 4 is 18.0 Å². The van der Waals surface area contributed by atoms with Gasteiger partial charge in [-0.25, -0.2) is 0 Å². The molecule has 0 fully saturated rings. The lowest BCUT2D eigenvalue weighted by atomic mass is 10.0. The van der Waals surface area contributed by atoms with Gasteiger partial charge in [0.1, 0.15) is 0 Å². The van der Waals surface area contributed by atoms with Crippen molar-refractivity contribution in [3.05, 3.63) is 41.5 Å². The highest BCUT2D eigenvalue weighted by Gasteiger charge is 2.12. The highest BCUT2D eigenvalue weighted by Crippen LogP contribution is 2.15. The number of hydrogen-bond acceptors (Lipinski definition) is 4. The number of esters is 1. The predicted molar refractivity (Wildman–Crippen MR) is 89.9 cm³/mol. The summed E-state index contributed by atoms with van der Waals surface area (Å²) in [4.78, 5) is 24.8. The number of aliphatic hydroxyl groups excluding tert-OH is 1. The molecule has 0 saturated heterocycles. The fraction of sp³-hybridized carbons (Fsp3) is 0.444. The molecule has 0 aliphatic carbocycles. The number of ether oxygens (including phenoxy) is 1. The fourth-order valence-corrected chi connectivity index (χ4v) is 2.05. The first-order valence-corrected chi connectivity index (χ1v) is 7.72. The van der Waals surface area contributed by atoms with Crippen LogP contribution in [0.15, 0.2) is 30.3 Å². The third kappa shape index (κ3) is 6.65. The monoisotopic (exact) mass is 319 g/mol. The molecular formula is C18H25NO4. The normalized spacial score (nSPS) is 11.0. The van der Waals surface area contributed by atoms with Crippen LogP contribution in [-0.2, 0) is 14.3 Å². The van der Waals surface area contributed by atoms with E-state index in [4.69, 9.17) is 5.11 Å². The van der Waals surface area contributed by atoms with Gasteiger partial charge in [0.15, 0.2) is 0 Å². The van der Waals surface area contributed by atoms with Crippen LogP contribution in [-0.4, -0.2) is 48.7 Å². The predicted octanol–water partition coefficient (Wildman–Crippen LogP) is 2.21. The van der Waals surface area contributed by atoms with Gasteiger partial charge < -0.3 is 14.7 Å². The van der Waals surface area contributed by atoms with Crippen LogP contribution in [0.25, 0.3) is 6.08 Å². The van der Waals surface area contributed by atoms with Crippen molar-refractivity contribution in [3.8, 4) is 0 Å². The summed E-state index contributed by atoms with van der Waals surface area (Å²) < 4.78 is 4.56. The summed E-state index contributed by atoms with van der Waals surface area (Å²) in [5.41, 5.74) is 2.17. The Bertz CT molecular complexity index is 534. The van der Waals surface area contributed by atoms with Crippen molar-refractivity contribution in [1.82, 2.24) is 4.90 Å². The molecule has 1 aromatic carbocycles. The maximum atomic E-state index is 12.2. The standard InChI is InChI=1S/C18H25NO4/c1-14(2)16-7-4-15(5-8-16)6-9-17(21)19(12-13-20)11-10-18(22)23-3/h4-9,14,20H,10-13H2,1-3H3/b9-6+. The van der Waals surface area contributed by atoms with Crippen molar-refractivity contribution in [3.63, 3.8) is 0 Å². The van der Waals surface area contributed by atoms with Crippen LogP contribution in [0.3, 0.4) is 0 Å². The number of methoxy groups -OCH3 is 1. The van der Waals surface area contributed by atoms with Crippen LogP contribution in [0.4, 0.5) is 0 Å². The Balaban J connectivity index is 2.67. The molecule has 0 aromatic heterocycles. The molecular weight excluding hydrogens is 294 g/mol. The van der Waals surface area contributed by atoms with Gasteiger partial charge in [0.05, 0.1) is 20.1 Å². The third-order valence-electron chi connectivity index (χ3n) is 3.52. The zero-order valence-electron chi connectivity index (χ0n) is 14.0. The molecule has 0 radical (unpaired) electrons. The van der Waals surface area contributed by atoms with Crippen molar-refractivity contribution in [2.45, 2.75) is 26.2 Å². The van der Waals surface area contributed by atoms with Gasteiger partial charge in [-0.3, -0.25) is 9.59 Å². The molecule has 0 atom stereocenters. The molecule has 1 rings (SSSR count). The average Bonchev–Trinajstić information content (AvgIpc) is 2.56. The Morgan fingerprint density at radius 1 is 1.22 bits per heavy atom. The van der Waals surface area contributed by atoms with Gasteiger partial charge in [0, 0.05) is 19.2 Å². The largest absolute Gasteiger partial charge is 0.469 e. The van der Waals surface area contributed by atoms with E-state index in [2.05, 4.69) is 18.6 Å². The first kappa shape index (κ1) is 18.9. The Labute approximate surface area is 137 Å². The Kier molecular flexibility index (Phi) is 8.05. The topological polar surface area (TPSA) is 66.8 Å². The lowest BCUT2D eigenvalue weighted by Gasteiger charge is -2.19. The molecule has 0 heterocycles. The number of hydrogen-bond donors (Lipinski definition) is 1. The van der Waals surface area contributed by atoms with Crippen LogP contribution in [0, 0.1) is 0 Å². The zero-order chi connectivity index (χ0) is 17.2. The van der Waals surface area contributed by atoms with Crippen molar-refractivity contribution in [1.29, 1.82) is 0 Å². The first-order valence-electron chi connectivity index (χ1n) is 7.72. The lowest BCUT2D eigenvalue weighted by Crippen LogP contribution is -2.34. The van der Waals surface area contributed by atoms with Crippen LogP contribution in [0.2, 0.25) is 0 Å². The second kappa shape index (κ2) is 9.79. The smallest absolute Gasteiger partial charge is 0.307 e. The third-order valence-corrected chi connectivity index (χ3v) is 3.52. The van der Waals surface area contributed by atoms with Gasteiger partial charge in [-0.05, 0) is 23.1 Å². The molecule has 0 bridgehead atoms. The van der Waals surface area contributed by atoms with Crippen LogP contribution >= 0.6 is 0 Å². The summed E-state index contributed by atoms with van der Waals surface area (Å²) in [5, 5.41) is 9.04. The molecule has 1 aromatic rings. The SMILES string of the molecule is COC(=O)CCN(CCO)C(=O)/C=C/c1ccc(C(C)C)cc1. The van der Waals surface area contributed by atoms with Gasteiger partial charge in [-0.15, -0.1) is 0 Å². The Morgan fingerprint density at radius 2 is 1.87 bits per heavy atom. The minimum Gasteiger partial charge on any atom is -0.469 e. The average molecular weight is 319 g/mol. The molecule has 23 heavy (non-hydrogen) atoms. The quantitative estimate of drug-likeness (QED) is 0.589. The minimum atomic E-state index is -0.381. The highest BCUT2D eigenvalue weighted by molar-refractivity contribution is 5.92. The zero-order valence-corrected chi connectivity index (χ0v) is 14.0. The van der Waals surface area contributed by atoms with Gasteiger partial charge >= 0.3 is 5.97 Å². The maximum Gasteiger partial charge on any atom is 0.307 e. The summed E-state index contributed by atoms with van der Waals surface area (Å²) >= 11 is 0. The summed E-state index contributed by atoms with van der Waals surface area (Å²) in [6, 6.07) is 8.00. The molecule has 0 saturated carbocycles. The summed E-state index contributed by atoms with van der Waals surface area (Å²) in [7, 11) is 1.31. The maximum absolute atomic E-state index is 12.2. The van der Waals surface area contributed by atoms with Gasteiger partial charge in [-0.1, -0.05) is 38.1 Å². The van der Waals surface area contributed by atoms with Crippen LogP contribution < -0.4 is 0 Å². The summed E-state index contributed by atoms with van der Waals surface area (Å²) in [5.74, 6) is -0.155. The summed E-state index contributed by atoms with van der Waals surface area (Å²) in [6.45, 7) is 4.52. The van der Waals surface area contributed by atoms with Crippen LogP contribution in [0.1, 0.15) is 37.3 Å². The first-order chi connectivity index (χ1) is 11.0. The van der Waals surface area contributed by atoms with E-state index in [1.165, 1.54) is 23.6 Å². The molecule has 0 aliphatic rings. The molecule has 0 spiro atoms. The van der Waals surface area contributed by atoms with Crippen molar-refractivity contribution < 1.29 is 19.4 Å². The second-order valence-electron chi connectivity index (χ2n) is 5.53. The van der Waals surface area contributed by atoms with Crippen molar-refractivity contribution in [2.75, 3.05) is 26.8 Å². The van der Waals surface area contributed by atoms with Crippen LogP contribution in [0.5, 0.6) is 0 Å². The lowest BCUT2D eigenvalue weighted by molar-refractivity contribution is -0.141. The molecule has 0 unspecified atom stereocenters. The molecule has 1 N–H and O–H groups in total. The number of rotatable bonds is 8. The van der Waals surface area contributed by atoms with E-state index in [9.17, 15) is 9.59 Å². The number of nitrogens with zero attached hydrogens (tertiary/aromatic N) is 1. The highest BCUT2D eigenvalue weighted by atomic mass is 16.5. The van der Waals surface area contributed by atoms with E-state index in [1.807, 2.05) is 24.3 Å².